The lowest BCUT2D eigenvalue weighted by Crippen LogP contribution is -2.51. The van der Waals surface area contributed by atoms with Gasteiger partial charge in [0.25, 0.3) is 0 Å². The Bertz CT molecular complexity index is 444. The molecule has 1 aliphatic heterocycles. The SMILES string of the molecule is O=C(NC1NNNN1)C1CCCc2ccccc21. The van der Waals surface area contributed by atoms with Crippen LogP contribution >= 0.6 is 0 Å². The molecule has 1 atom stereocenters. The molecule has 0 spiro atoms. The van der Waals surface area contributed by atoms with E-state index in [1.165, 1.54) is 11.1 Å². The Morgan fingerprint density at radius 1 is 1.22 bits per heavy atom. The van der Waals surface area contributed by atoms with Gasteiger partial charge in [0.15, 0.2) is 6.29 Å². The van der Waals surface area contributed by atoms with Gasteiger partial charge in [0.05, 0.1) is 5.92 Å². The highest BCUT2D eigenvalue weighted by Gasteiger charge is 2.28. The van der Waals surface area contributed by atoms with Gasteiger partial charge in [0.2, 0.25) is 5.91 Å². The van der Waals surface area contributed by atoms with Crippen LogP contribution in [0.25, 0.3) is 0 Å². The number of aryl methyl sites for hydroxylation is 1. The van der Waals surface area contributed by atoms with Crippen molar-refractivity contribution in [2.75, 3.05) is 0 Å². The molecule has 1 fully saturated rings. The second kappa shape index (κ2) is 5.03. The lowest BCUT2D eigenvalue weighted by molar-refractivity contribution is -0.123. The molecule has 1 saturated heterocycles. The smallest absolute Gasteiger partial charge is 0.229 e. The third-order valence-electron chi connectivity index (χ3n) is 3.47. The van der Waals surface area contributed by atoms with Gasteiger partial charge < -0.3 is 5.32 Å². The normalized spacial score (nSPS) is 23.7. The first-order valence-corrected chi connectivity index (χ1v) is 6.24. The Labute approximate surface area is 105 Å². The molecule has 1 unspecified atom stereocenters. The topological polar surface area (TPSA) is 77.2 Å². The number of nitrogens with one attached hydrogen (secondary N) is 5. The van der Waals surface area contributed by atoms with Crippen LogP contribution in [-0.2, 0) is 11.2 Å². The third kappa shape index (κ3) is 2.23. The van der Waals surface area contributed by atoms with Gasteiger partial charge in [-0.1, -0.05) is 24.3 Å². The average Bonchev–Trinajstić information content (AvgIpc) is 2.91. The van der Waals surface area contributed by atoms with E-state index in [0.29, 0.717) is 0 Å². The van der Waals surface area contributed by atoms with E-state index in [-0.39, 0.29) is 18.1 Å². The number of fused-ring (bicyclic) bond motifs is 1. The van der Waals surface area contributed by atoms with Gasteiger partial charge in [0.1, 0.15) is 0 Å². The summed E-state index contributed by atoms with van der Waals surface area (Å²) in [6.07, 6.45) is 2.77. The molecule has 3 rings (SSSR count). The van der Waals surface area contributed by atoms with Crippen molar-refractivity contribution in [1.29, 1.82) is 0 Å². The van der Waals surface area contributed by atoms with Gasteiger partial charge in [-0.05, 0) is 30.4 Å². The fourth-order valence-corrected chi connectivity index (χ4v) is 2.59. The fraction of sp³-hybridized carbons (Fsp3) is 0.417. The van der Waals surface area contributed by atoms with Gasteiger partial charge in [-0.15, -0.1) is 0 Å². The average molecular weight is 247 g/mol. The standard InChI is InChI=1S/C12H17N5O/c18-11(13-12-14-16-17-15-12)10-7-3-5-8-4-1-2-6-9(8)10/h1-2,4,6,10,12,14-17H,3,5,7H2,(H,13,18). The highest BCUT2D eigenvalue weighted by atomic mass is 16.2. The summed E-state index contributed by atoms with van der Waals surface area (Å²) >= 11 is 0. The number of hydrazine groups is 3. The number of carbonyl (C=O) groups is 1. The molecular weight excluding hydrogens is 230 g/mol. The molecule has 1 aliphatic carbocycles. The van der Waals surface area contributed by atoms with Crippen molar-refractivity contribution in [1.82, 2.24) is 27.2 Å². The van der Waals surface area contributed by atoms with E-state index in [0.717, 1.165) is 19.3 Å². The molecule has 1 aromatic carbocycles. The van der Waals surface area contributed by atoms with Crippen LogP contribution in [0.4, 0.5) is 0 Å². The summed E-state index contributed by atoms with van der Waals surface area (Å²) in [7, 11) is 0. The Kier molecular flexibility index (Phi) is 3.24. The van der Waals surface area contributed by atoms with Crippen molar-refractivity contribution < 1.29 is 4.79 Å². The number of hydrogen-bond donors (Lipinski definition) is 5. The van der Waals surface area contributed by atoms with Gasteiger partial charge >= 0.3 is 0 Å². The van der Waals surface area contributed by atoms with Crippen LogP contribution in [0.2, 0.25) is 0 Å². The summed E-state index contributed by atoms with van der Waals surface area (Å²) in [5, 5.41) is 2.90. The van der Waals surface area contributed by atoms with E-state index >= 15 is 0 Å². The first kappa shape index (κ1) is 11.6. The third-order valence-corrected chi connectivity index (χ3v) is 3.47. The monoisotopic (exact) mass is 247 g/mol. The Hall–Kier alpha value is -1.47. The molecule has 5 N–H and O–H groups in total. The molecule has 1 amide bonds. The summed E-state index contributed by atoms with van der Waals surface area (Å²) < 4.78 is 0. The number of amides is 1. The van der Waals surface area contributed by atoms with E-state index in [1.807, 2.05) is 12.1 Å². The molecule has 2 aliphatic rings. The van der Waals surface area contributed by atoms with Crippen molar-refractivity contribution in [3.05, 3.63) is 35.4 Å². The minimum atomic E-state index is -0.286. The molecule has 6 heteroatoms. The number of carbonyl (C=O) groups excluding carboxylic acids is 1. The highest BCUT2D eigenvalue weighted by molar-refractivity contribution is 5.84. The maximum Gasteiger partial charge on any atom is 0.229 e. The zero-order valence-corrected chi connectivity index (χ0v) is 9.99. The zero-order valence-electron chi connectivity index (χ0n) is 9.99. The van der Waals surface area contributed by atoms with Crippen LogP contribution in [0.3, 0.4) is 0 Å². The molecule has 1 heterocycles. The molecule has 0 bridgehead atoms. The summed E-state index contributed by atoms with van der Waals surface area (Å²) in [6, 6.07) is 8.21. The molecule has 0 radical (unpaired) electrons. The van der Waals surface area contributed by atoms with Crippen LogP contribution in [0.1, 0.15) is 29.9 Å². The van der Waals surface area contributed by atoms with Crippen molar-refractivity contribution in [2.24, 2.45) is 0 Å². The first-order chi connectivity index (χ1) is 8.84. The van der Waals surface area contributed by atoms with Gasteiger partial charge in [-0.25, -0.2) is 10.9 Å². The largest absolute Gasteiger partial charge is 0.326 e. The van der Waals surface area contributed by atoms with E-state index in [2.05, 4.69) is 39.4 Å². The zero-order chi connectivity index (χ0) is 12.4. The molecule has 18 heavy (non-hydrogen) atoms. The van der Waals surface area contributed by atoms with E-state index in [9.17, 15) is 4.79 Å². The highest BCUT2D eigenvalue weighted by Crippen LogP contribution is 2.31. The minimum Gasteiger partial charge on any atom is -0.326 e. The second-order valence-corrected chi connectivity index (χ2v) is 4.62. The van der Waals surface area contributed by atoms with Crippen molar-refractivity contribution >= 4 is 5.91 Å². The molecule has 0 saturated carbocycles. The van der Waals surface area contributed by atoms with E-state index < -0.39 is 0 Å². The minimum absolute atomic E-state index is 0.0425. The Balaban J connectivity index is 1.74. The van der Waals surface area contributed by atoms with Gasteiger partial charge in [0, 0.05) is 0 Å². The predicted molar refractivity (Wildman–Crippen MR) is 66.6 cm³/mol. The second-order valence-electron chi connectivity index (χ2n) is 4.62. The lowest BCUT2D eigenvalue weighted by Gasteiger charge is -2.25. The van der Waals surface area contributed by atoms with Crippen LogP contribution < -0.4 is 27.2 Å². The summed E-state index contributed by atoms with van der Waals surface area (Å²) in [6.45, 7) is 0. The summed E-state index contributed by atoms with van der Waals surface area (Å²) in [4.78, 5) is 12.3. The first-order valence-electron chi connectivity index (χ1n) is 6.24. The number of benzene rings is 1. The lowest BCUT2D eigenvalue weighted by atomic mass is 9.82. The van der Waals surface area contributed by atoms with Crippen molar-refractivity contribution in [3.63, 3.8) is 0 Å². The van der Waals surface area contributed by atoms with E-state index in [1.54, 1.807) is 0 Å². The Morgan fingerprint density at radius 3 is 2.83 bits per heavy atom. The predicted octanol–water partition coefficient (Wildman–Crippen LogP) is -0.377. The Morgan fingerprint density at radius 2 is 2.00 bits per heavy atom. The maximum absolute atomic E-state index is 12.3. The molecule has 96 valence electrons. The fourth-order valence-electron chi connectivity index (χ4n) is 2.59. The molecular formula is C12H17N5O. The van der Waals surface area contributed by atoms with Gasteiger partial charge in [-0.3, -0.25) is 4.79 Å². The molecule has 6 nitrogen and oxygen atoms in total. The van der Waals surface area contributed by atoms with Crippen LogP contribution in [0, 0.1) is 0 Å². The van der Waals surface area contributed by atoms with Crippen LogP contribution in [0.15, 0.2) is 24.3 Å². The number of rotatable bonds is 2. The maximum atomic E-state index is 12.3. The van der Waals surface area contributed by atoms with Gasteiger partial charge in [-0.2, -0.15) is 11.1 Å². The number of hydrogen-bond acceptors (Lipinski definition) is 5. The van der Waals surface area contributed by atoms with Crippen LogP contribution in [0.5, 0.6) is 0 Å². The molecule has 0 aromatic heterocycles. The van der Waals surface area contributed by atoms with Crippen molar-refractivity contribution in [3.8, 4) is 0 Å². The van der Waals surface area contributed by atoms with Crippen LogP contribution in [-0.4, -0.2) is 12.2 Å². The van der Waals surface area contributed by atoms with Crippen molar-refractivity contribution in [2.45, 2.75) is 31.5 Å². The summed E-state index contributed by atoms with van der Waals surface area (Å²) in [5.41, 5.74) is 13.5. The molecule has 1 aromatic rings. The van der Waals surface area contributed by atoms with E-state index in [4.69, 9.17) is 0 Å². The quantitative estimate of drug-likeness (QED) is 0.493. The summed E-state index contributed by atoms with van der Waals surface area (Å²) in [5.74, 6) is 0.0109.